The number of esters is 1. The molecule has 0 spiro atoms. The number of methoxy groups -OCH3 is 1. The van der Waals surface area contributed by atoms with Crippen molar-refractivity contribution in [3.63, 3.8) is 0 Å². The lowest BCUT2D eigenvalue weighted by Gasteiger charge is -2.29. The van der Waals surface area contributed by atoms with Gasteiger partial charge < -0.3 is 14.5 Å². The van der Waals surface area contributed by atoms with Gasteiger partial charge in [0.1, 0.15) is 6.42 Å². The van der Waals surface area contributed by atoms with E-state index in [1.807, 2.05) is 0 Å². The van der Waals surface area contributed by atoms with E-state index in [4.69, 9.17) is 0 Å². The standard InChI is InChI=1S/C26H32N2O3/c1-19-4-3-13-27(19)14-11-20-5-7-21(8-6-20)22-9-10-24-18-28(15-12-23(24)16-22)25(29)17-26(30)31-2/h5-10,16,19H,3-4,11-15,17-18H2,1-2H3. The SMILES string of the molecule is COC(=O)CC(=O)N1CCc2cc(-c3ccc(CCN4CCCC4C)cc3)ccc2C1. The summed E-state index contributed by atoms with van der Waals surface area (Å²) in [6.45, 7) is 5.91. The third kappa shape index (κ3) is 5.16. The van der Waals surface area contributed by atoms with Gasteiger partial charge in [-0.3, -0.25) is 9.59 Å². The summed E-state index contributed by atoms with van der Waals surface area (Å²) in [4.78, 5) is 28.0. The van der Waals surface area contributed by atoms with Crippen LogP contribution in [-0.2, 0) is 33.7 Å². The number of carbonyl (C=O) groups is 2. The molecule has 5 nitrogen and oxygen atoms in total. The van der Waals surface area contributed by atoms with Gasteiger partial charge in [-0.1, -0.05) is 42.5 Å². The Balaban J connectivity index is 1.38. The topological polar surface area (TPSA) is 49.9 Å². The molecular weight excluding hydrogens is 388 g/mol. The van der Waals surface area contributed by atoms with E-state index in [0.29, 0.717) is 13.1 Å². The van der Waals surface area contributed by atoms with Gasteiger partial charge in [-0.2, -0.15) is 0 Å². The maximum atomic E-state index is 12.3. The summed E-state index contributed by atoms with van der Waals surface area (Å²) in [6.07, 6.45) is 4.38. The van der Waals surface area contributed by atoms with E-state index in [1.165, 1.54) is 48.8 Å². The zero-order valence-electron chi connectivity index (χ0n) is 18.6. The van der Waals surface area contributed by atoms with Crippen molar-refractivity contribution in [2.45, 2.75) is 51.6 Å². The predicted molar refractivity (Wildman–Crippen MR) is 122 cm³/mol. The van der Waals surface area contributed by atoms with E-state index in [1.54, 1.807) is 4.90 Å². The van der Waals surface area contributed by atoms with Crippen molar-refractivity contribution in [3.8, 4) is 11.1 Å². The molecule has 0 aromatic heterocycles. The molecule has 1 atom stereocenters. The van der Waals surface area contributed by atoms with Crippen molar-refractivity contribution < 1.29 is 14.3 Å². The summed E-state index contributed by atoms with van der Waals surface area (Å²) in [5.74, 6) is -0.648. The Morgan fingerprint density at radius 1 is 1.03 bits per heavy atom. The summed E-state index contributed by atoms with van der Waals surface area (Å²) in [5.41, 5.74) is 6.27. The average molecular weight is 421 g/mol. The molecule has 0 bridgehead atoms. The normalized spacial score (nSPS) is 18.6. The average Bonchev–Trinajstić information content (AvgIpc) is 3.21. The van der Waals surface area contributed by atoms with Gasteiger partial charge in [0.05, 0.1) is 7.11 Å². The molecule has 0 aliphatic carbocycles. The smallest absolute Gasteiger partial charge is 0.315 e. The molecule has 0 saturated carbocycles. The highest BCUT2D eigenvalue weighted by Crippen LogP contribution is 2.27. The molecule has 2 aromatic carbocycles. The fourth-order valence-electron chi connectivity index (χ4n) is 4.71. The first kappa shape index (κ1) is 21.6. The molecule has 0 radical (unpaired) electrons. The fourth-order valence-corrected chi connectivity index (χ4v) is 4.71. The van der Waals surface area contributed by atoms with Crippen molar-refractivity contribution in [3.05, 3.63) is 59.2 Å². The van der Waals surface area contributed by atoms with Crippen LogP contribution in [0.2, 0.25) is 0 Å². The number of fused-ring (bicyclic) bond motifs is 1. The van der Waals surface area contributed by atoms with E-state index in [2.05, 4.69) is 59.0 Å². The van der Waals surface area contributed by atoms with Gasteiger partial charge in [-0.25, -0.2) is 0 Å². The van der Waals surface area contributed by atoms with Crippen LogP contribution < -0.4 is 0 Å². The number of hydrogen-bond acceptors (Lipinski definition) is 4. The van der Waals surface area contributed by atoms with E-state index in [0.717, 1.165) is 31.0 Å². The molecule has 1 amide bonds. The highest BCUT2D eigenvalue weighted by atomic mass is 16.5. The maximum absolute atomic E-state index is 12.3. The molecular formula is C26H32N2O3. The van der Waals surface area contributed by atoms with Crippen LogP contribution in [0.4, 0.5) is 0 Å². The van der Waals surface area contributed by atoms with Crippen LogP contribution in [0.5, 0.6) is 0 Å². The second kappa shape index (κ2) is 9.65. The number of amides is 1. The maximum Gasteiger partial charge on any atom is 0.315 e. The lowest BCUT2D eigenvalue weighted by atomic mass is 9.94. The van der Waals surface area contributed by atoms with Crippen molar-refractivity contribution >= 4 is 11.9 Å². The Labute approximate surface area is 185 Å². The molecule has 164 valence electrons. The zero-order chi connectivity index (χ0) is 21.8. The Hall–Kier alpha value is -2.66. The molecule has 4 rings (SSSR count). The Kier molecular flexibility index (Phi) is 6.71. The first-order chi connectivity index (χ1) is 15.0. The van der Waals surface area contributed by atoms with Crippen LogP contribution in [0.25, 0.3) is 11.1 Å². The van der Waals surface area contributed by atoms with Gasteiger partial charge in [-0.15, -0.1) is 0 Å². The number of nitrogens with zero attached hydrogens (tertiary/aromatic N) is 2. The number of ether oxygens (including phenoxy) is 1. The highest BCUT2D eigenvalue weighted by molar-refractivity contribution is 5.94. The van der Waals surface area contributed by atoms with Gasteiger partial charge in [0.2, 0.25) is 5.91 Å². The second-order valence-electron chi connectivity index (χ2n) is 8.78. The van der Waals surface area contributed by atoms with E-state index in [9.17, 15) is 9.59 Å². The molecule has 1 fully saturated rings. The summed E-state index contributed by atoms with van der Waals surface area (Å²) in [5, 5.41) is 0. The molecule has 1 saturated heterocycles. The third-order valence-corrected chi connectivity index (χ3v) is 6.76. The molecule has 1 unspecified atom stereocenters. The van der Waals surface area contributed by atoms with Crippen LogP contribution in [-0.4, -0.2) is 54.5 Å². The van der Waals surface area contributed by atoms with Crippen LogP contribution in [0.3, 0.4) is 0 Å². The Morgan fingerprint density at radius 2 is 1.81 bits per heavy atom. The van der Waals surface area contributed by atoms with Crippen LogP contribution in [0.1, 0.15) is 42.9 Å². The molecule has 2 heterocycles. The van der Waals surface area contributed by atoms with Gasteiger partial charge in [0.25, 0.3) is 0 Å². The van der Waals surface area contributed by atoms with Crippen molar-refractivity contribution in [1.82, 2.24) is 9.80 Å². The number of benzene rings is 2. The number of rotatable bonds is 6. The van der Waals surface area contributed by atoms with E-state index >= 15 is 0 Å². The Morgan fingerprint density at radius 3 is 2.52 bits per heavy atom. The van der Waals surface area contributed by atoms with E-state index in [-0.39, 0.29) is 12.3 Å². The molecule has 0 N–H and O–H groups in total. The summed E-state index contributed by atoms with van der Waals surface area (Å²) >= 11 is 0. The minimum atomic E-state index is -0.482. The third-order valence-electron chi connectivity index (χ3n) is 6.76. The van der Waals surface area contributed by atoms with Crippen LogP contribution >= 0.6 is 0 Å². The summed E-state index contributed by atoms with van der Waals surface area (Å²) in [7, 11) is 1.31. The van der Waals surface area contributed by atoms with Crippen LogP contribution in [0, 0.1) is 0 Å². The number of likely N-dealkylation sites (tertiary alicyclic amines) is 1. The largest absolute Gasteiger partial charge is 0.469 e. The highest BCUT2D eigenvalue weighted by Gasteiger charge is 2.23. The monoisotopic (exact) mass is 420 g/mol. The van der Waals surface area contributed by atoms with Gasteiger partial charge >= 0.3 is 5.97 Å². The minimum Gasteiger partial charge on any atom is -0.469 e. The Bertz CT molecular complexity index is 938. The quantitative estimate of drug-likeness (QED) is 0.527. The molecule has 2 aliphatic heterocycles. The van der Waals surface area contributed by atoms with Crippen molar-refractivity contribution in [1.29, 1.82) is 0 Å². The van der Waals surface area contributed by atoms with Gasteiger partial charge in [0, 0.05) is 25.7 Å². The first-order valence-electron chi connectivity index (χ1n) is 11.3. The van der Waals surface area contributed by atoms with Crippen molar-refractivity contribution in [2.75, 3.05) is 26.7 Å². The zero-order valence-corrected chi connectivity index (χ0v) is 18.6. The molecule has 2 aromatic rings. The predicted octanol–water partition coefficient (Wildman–Crippen LogP) is 3.83. The van der Waals surface area contributed by atoms with Crippen LogP contribution in [0.15, 0.2) is 42.5 Å². The molecule has 31 heavy (non-hydrogen) atoms. The summed E-state index contributed by atoms with van der Waals surface area (Å²) < 4.78 is 4.61. The number of hydrogen-bond donors (Lipinski definition) is 0. The van der Waals surface area contributed by atoms with Crippen molar-refractivity contribution in [2.24, 2.45) is 0 Å². The lowest BCUT2D eigenvalue weighted by Crippen LogP contribution is -2.37. The second-order valence-corrected chi connectivity index (χ2v) is 8.78. The number of carbonyl (C=O) groups excluding carboxylic acids is 2. The van der Waals surface area contributed by atoms with Gasteiger partial charge in [0.15, 0.2) is 0 Å². The van der Waals surface area contributed by atoms with Gasteiger partial charge in [-0.05, 0) is 67.0 Å². The lowest BCUT2D eigenvalue weighted by molar-refractivity contribution is -0.147. The molecule has 5 heteroatoms. The minimum absolute atomic E-state index is 0.166. The first-order valence-corrected chi connectivity index (χ1v) is 11.3. The molecule has 2 aliphatic rings. The summed E-state index contributed by atoms with van der Waals surface area (Å²) in [6, 6.07) is 16.2. The fraction of sp³-hybridized carbons (Fsp3) is 0.462. The van der Waals surface area contributed by atoms with E-state index < -0.39 is 5.97 Å².